The number of hydrogen-bond donors (Lipinski definition) is 2. The molecule has 0 unspecified atom stereocenters. The predicted molar refractivity (Wildman–Crippen MR) is 110 cm³/mol. The Kier molecular flexibility index (Phi) is 5.34. The fourth-order valence-electron chi connectivity index (χ4n) is 3.22. The van der Waals surface area contributed by atoms with Crippen molar-refractivity contribution in [2.75, 3.05) is 18.5 Å². The molecule has 0 spiro atoms. The van der Waals surface area contributed by atoms with E-state index in [0.717, 1.165) is 22.4 Å². The molecule has 140 valence electrons. The van der Waals surface area contributed by atoms with Crippen molar-refractivity contribution in [2.45, 2.75) is 45.7 Å². The van der Waals surface area contributed by atoms with Gasteiger partial charge >= 0.3 is 0 Å². The Morgan fingerprint density at radius 3 is 3.00 bits per heavy atom. The van der Waals surface area contributed by atoms with Gasteiger partial charge in [-0.15, -0.1) is 0 Å². The number of nitrogens with zero attached hydrogens (tertiary/aromatic N) is 2. The van der Waals surface area contributed by atoms with Crippen LogP contribution < -0.4 is 15.4 Å². The second-order valence-corrected chi connectivity index (χ2v) is 8.54. The molecular weight excluding hydrogens is 368 g/mol. The summed E-state index contributed by atoms with van der Waals surface area (Å²) in [7, 11) is 0. The minimum absolute atomic E-state index is 0.0468. The van der Waals surface area contributed by atoms with Crippen molar-refractivity contribution in [1.82, 2.24) is 15.2 Å². The molecule has 26 heavy (non-hydrogen) atoms. The maximum atomic E-state index is 12.5. The van der Waals surface area contributed by atoms with E-state index < -0.39 is 0 Å². The molecule has 0 radical (unpaired) electrons. The SMILES string of the molecule is CCOc1ccc2nc(NC(=O)CN3C(=S)NC(C)(C)C[C@@H]3C)sc2c1. The zero-order chi connectivity index (χ0) is 18.9. The number of carbonyl (C=O) groups excluding carboxylic acids is 1. The molecule has 6 nitrogen and oxygen atoms in total. The van der Waals surface area contributed by atoms with E-state index in [4.69, 9.17) is 17.0 Å². The number of nitrogens with one attached hydrogen (secondary N) is 2. The van der Waals surface area contributed by atoms with Crippen molar-refractivity contribution in [2.24, 2.45) is 0 Å². The largest absolute Gasteiger partial charge is 0.494 e. The number of carbonyl (C=O) groups is 1. The number of rotatable bonds is 5. The monoisotopic (exact) mass is 392 g/mol. The molecule has 3 rings (SSSR count). The molecule has 1 atom stereocenters. The first kappa shape index (κ1) is 18.8. The summed E-state index contributed by atoms with van der Waals surface area (Å²) >= 11 is 6.87. The van der Waals surface area contributed by atoms with Gasteiger partial charge in [-0.05, 0) is 64.5 Å². The summed E-state index contributed by atoms with van der Waals surface area (Å²) in [5.41, 5.74) is 0.799. The number of hydrogen-bond acceptors (Lipinski definition) is 5. The molecular formula is C18H24N4O2S2. The van der Waals surface area contributed by atoms with Crippen LogP contribution in [0.1, 0.15) is 34.1 Å². The van der Waals surface area contributed by atoms with E-state index in [2.05, 4.69) is 36.4 Å². The third-order valence-corrected chi connectivity index (χ3v) is 5.55. The van der Waals surface area contributed by atoms with Crippen LogP contribution in [0.5, 0.6) is 5.75 Å². The molecule has 0 bridgehead atoms. The lowest BCUT2D eigenvalue weighted by atomic mass is 9.93. The number of anilines is 1. The van der Waals surface area contributed by atoms with E-state index in [1.54, 1.807) is 0 Å². The van der Waals surface area contributed by atoms with Crippen LogP contribution in [-0.2, 0) is 4.79 Å². The Morgan fingerprint density at radius 1 is 1.54 bits per heavy atom. The molecule has 1 fully saturated rings. The lowest BCUT2D eigenvalue weighted by Gasteiger charge is -2.44. The zero-order valence-corrected chi connectivity index (χ0v) is 17.1. The van der Waals surface area contributed by atoms with Crippen molar-refractivity contribution < 1.29 is 9.53 Å². The molecule has 1 aliphatic rings. The first-order valence-electron chi connectivity index (χ1n) is 8.69. The Hall–Kier alpha value is -1.93. The third kappa shape index (κ3) is 4.24. The number of fused-ring (bicyclic) bond motifs is 1. The van der Waals surface area contributed by atoms with Gasteiger partial charge in [0.2, 0.25) is 5.91 Å². The van der Waals surface area contributed by atoms with Crippen LogP contribution in [-0.4, -0.2) is 45.6 Å². The molecule has 2 heterocycles. The van der Waals surface area contributed by atoms with Gasteiger partial charge in [0.05, 0.1) is 23.4 Å². The van der Waals surface area contributed by atoms with E-state index in [1.165, 1.54) is 11.3 Å². The number of thiocarbonyl (C=S) groups is 1. The van der Waals surface area contributed by atoms with E-state index in [1.807, 2.05) is 30.0 Å². The Balaban J connectivity index is 1.66. The maximum absolute atomic E-state index is 12.5. The second-order valence-electron chi connectivity index (χ2n) is 7.12. The van der Waals surface area contributed by atoms with E-state index in [-0.39, 0.29) is 24.0 Å². The highest BCUT2D eigenvalue weighted by Gasteiger charge is 2.34. The van der Waals surface area contributed by atoms with Gasteiger partial charge in [-0.2, -0.15) is 0 Å². The summed E-state index contributed by atoms with van der Waals surface area (Å²) in [6.45, 7) is 9.10. The van der Waals surface area contributed by atoms with Crippen LogP contribution in [0.2, 0.25) is 0 Å². The van der Waals surface area contributed by atoms with Crippen LogP contribution in [0.3, 0.4) is 0 Å². The Labute approximate surface area is 162 Å². The van der Waals surface area contributed by atoms with Gasteiger partial charge in [0.1, 0.15) is 5.75 Å². The molecule has 2 N–H and O–H groups in total. The van der Waals surface area contributed by atoms with Gasteiger partial charge in [-0.3, -0.25) is 4.79 Å². The molecule has 0 aliphatic carbocycles. The topological polar surface area (TPSA) is 66.5 Å². The minimum atomic E-state index is -0.121. The highest BCUT2D eigenvalue weighted by atomic mass is 32.1. The van der Waals surface area contributed by atoms with Crippen molar-refractivity contribution in [3.05, 3.63) is 18.2 Å². The second kappa shape index (κ2) is 7.36. The van der Waals surface area contributed by atoms with Crippen LogP contribution >= 0.6 is 23.6 Å². The smallest absolute Gasteiger partial charge is 0.245 e. The maximum Gasteiger partial charge on any atom is 0.245 e. The van der Waals surface area contributed by atoms with E-state index >= 15 is 0 Å². The lowest BCUT2D eigenvalue weighted by molar-refractivity contribution is -0.117. The van der Waals surface area contributed by atoms with Crippen LogP contribution in [0.25, 0.3) is 10.2 Å². The Bertz CT molecular complexity index is 834. The minimum Gasteiger partial charge on any atom is -0.494 e. The number of benzene rings is 1. The van der Waals surface area contributed by atoms with Crippen LogP contribution in [0, 0.1) is 0 Å². The van der Waals surface area contributed by atoms with Crippen molar-refractivity contribution in [3.63, 3.8) is 0 Å². The quantitative estimate of drug-likeness (QED) is 0.761. The molecule has 1 aromatic heterocycles. The molecule has 1 saturated heterocycles. The molecule has 1 amide bonds. The molecule has 1 aromatic carbocycles. The zero-order valence-electron chi connectivity index (χ0n) is 15.5. The molecule has 2 aromatic rings. The summed E-state index contributed by atoms with van der Waals surface area (Å²) in [4.78, 5) is 18.9. The van der Waals surface area contributed by atoms with Crippen LogP contribution in [0.15, 0.2) is 18.2 Å². The highest BCUT2D eigenvalue weighted by Crippen LogP contribution is 2.29. The average Bonchev–Trinajstić information content (AvgIpc) is 2.91. The van der Waals surface area contributed by atoms with Gasteiger partial charge in [-0.1, -0.05) is 11.3 Å². The molecule has 8 heteroatoms. The first-order chi connectivity index (χ1) is 12.3. The fraction of sp³-hybridized carbons (Fsp3) is 0.500. The summed E-state index contributed by atoms with van der Waals surface area (Å²) in [6.07, 6.45) is 0.918. The standard InChI is InChI=1S/C18H24N4O2S2/c1-5-24-12-6-7-13-14(8-12)26-16(19-13)20-15(23)10-22-11(2)9-18(3,4)21-17(22)25/h6-8,11H,5,9-10H2,1-4H3,(H,21,25)(H,19,20,23)/t11-/m0/s1. The summed E-state index contributed by atoms with van der Waals surface area (Å²) in [5.74, 6) is 0.687. The fourth-order valence-corrected chi connectivity index (χ4v) is 4.65. The van der Waals surface area contributed by atoms with E-state index in [0.29, 0.717) is 16.9 Å². The number of ether oxygens (including phenoxy) is 1. The Morgan fingerprint density at radius 2 is 2.31 bits per heavy atom. The van der Waals surface area contributed by atoms with Gasteiger partial charge in [0.15, 0.2) is 10.2 Å². The summed E-state index contributed by atoms with van der Waals surface area (Å²) in [5, 5.41) is 7.39. The predicted octanol–water partition coefficient (Wildman–Crippen LogP) is 3.38. The number of amides is 1. The molecule has 0 saturated carbocycles. The van der Waals surface area contributed by atoms with Gasteiger partial charge in [-0.25, -0.2) is 4.98 Å². The third-order valence-electron chi connectivity index (χ3n) is 4.28. The van der Waals surface area contributed by atoms with Crippen LogP contribution in [0.4, 0.5) is 5.13 Å². The van der Waals surface area contributed by atoms with Gasteiger partial charge in [0.25, 0.3) is 0 Å². The summed E-state index contributed by atoms with van der Waals surface area (Å²) in [6, 6.07) is 5.94. The average molecular weight is 393 g/mol. The van der Waals surface area contributed by atoms with Gasteiger partial charge in [0, 0.05) is 11.6 Å². The van der Waals surface area contributed by atoms with Gasteiger partial charge < -0.3 is 20.3 Å². The number of aromatic nitrogens is 1. The lowest BCUT2D eigenvalue weighted by Crippen LogP contribution is -2.61. The van der Waals surface area contributed by atoms with Crippen molar-refractivity contribution in [1.29, 1.82) is 0 Å². The normalized spacial score (nSPS) is 19.3. The highest BCUT2D eigenvalue weighted by molar-refractivity contribution is 7.80. The first-order valence-corrected chi connectivity index (χ1v) is 9.92. The van der Waals surface area contributed by atoms with Crippen molar-refractivity contribution in [3.8, 4) is 5.75 Å². The molecule has 1 aliphatic heterocycles. The van der Waals surface area contributed by atoms with Crippen molar-refractivity contribution >= 4 is 49.9 Å². The number of thiazole rings is 1. The summed E-state index contributed by atoms with van der Waals surface area (Å²) < 4.78 is 6.49. The van der Waals surface area contributed by atoms with E-state index in [9.17, 15) is 4.79 Å².